The van der Waals surface area contributed by atoms with Crippen LogP contribution in [0.1, 0.15) is 25.0 Å². The summed E-state index contributed by atoms with van der Waals surface area (Å²) >= 11 is 0. The number of non-ortho nitro benzene ring substituents is 1. The molecule has 0 spiro atoms. The molecule has 0 heterocycles. The van der Waals surface area contributed by atoms with Gasteiger partial charge in [-0.3, -0.25) is 10.1 Å². The van der Waals surface area contributed by atoms with Crippen molar-refractivity contribution in [3.8, 4) is 0 Å². The van der Waals surface area contributed by atoms with Crippen molar-refractivity contribution < 1.29 is 4.92 Å². The fourth-order valence-corrected chi connectivity index (χ4v) is 2.63. The van der Waals surface area contributed by atoms with E-state index < -0.39 is 0 Å². The second kappa shape index (κ2) is 6.20. The van der Waals surface area contributed by atoms with Crippen molar-refractivity contribution in [3.05, 3.63) is 51.6 Å². The molecule has 2 atom stereocenters. The molecule has 0 bridgehead atoms. The second-order valence-corrected chi connectivity index (χ2v) is 5.74. The Kier molecular flexibility index (Phi) is 4.55. The molecule has 0 fully saturated rings. The highest BCUT2D eigenvalue weighted by atomic mass is 16.6. The molecule has 0 saturated heterocycles. The fraction of sp³-hybridized carbons (Fsp3) is 0.375. The highest BCUT2D eigenvalue weighted by Gasteiger charge is 2.15. The molecule has 0 aromatic heterocycles. The van der Waals surface area contributed by atoms with E-state index in [2.05, 4.69) is 0 Å². The Morgan fingerprint density at radius 1 is 1.10 bits per heavy atom. The lowest BCUT2D eigenvalue weighted by atomic mass is 9.93. The molecule has 0 radical (unpaired) electrons. The maximum Gasteiger partial charge on any atom is 0.277 e. The van der Waals surface area contributed by atoms with Crippen LogP contribution >= 0.6 is 0 Å². The third kappa shape index (κ3) is 3.56. The van der Waals surface area contributed by atoms with Crippen molar-refractivity contribution in [2.75, 3.05) is 0 Å². The van der Waals surface area contributed by atoms with Crippen LogP contribution in [0.5, 0.6) is 0 Å². The summed E-state index contributed by atoms with van der Waals surface area (Å²) in [6.07, 6.45) is 1.42. The lowest BCUT2D eigenvalue weighted by molar-refractivity contribution is -0.383. The molecule has 5 heteroatoms. The van der Waals surface area contributed by atoms with Gasteiger partial charge in [0.2, 0.25) is 0 Å². The van der Waals surface area contributed by atoms with E-state index in [-0.39, 0.29) is 22.7 Å². The first-order valence-electron chi connectivity index (χ1n) is 7.08. The van der Waals surface area contributed by atoms with Gasteiger partial charge < -0.3 is 11.5 Å². The molecule has 2 rings (SSSR count). The molecule has 4 N–H and O–H groups in total. The molecule has 0 aliphatic carbocycles. The zero-order chi connectivity index (χ0) is 15.6. The lowest BCUT2D eigenvalue weighted by Gasteiger charge is -2.15. The van der Waals surface area contributed by atoms with Crippen LogP contribution < -0.4 is 11.5 Å². The lowest BCUT2D eigenvalue weighted by Crippen LogP contribution is -2.22. The van der Waals surface area contributed by atoms with Gasteiger partial charge in [0.15, 0.2) is 0 Å². The molecule has 0 aliphatic heterocycles. The van der Waals surface area contributed by atoms with Crippen molar-refractivity contribution in [3.63, 3.8) is 0 Å². The van der Waals surface area contributed by atoms with Crippen LogP contribution in [0, 0.1) is 10.1 Å². The number of nitro groups is 1. The number of benzene rings is 2. The van der Waals surface area contributed by atoms with Crippen LogP contribution in [-0.2, 0) is 12.8 Å². The molecule has 21 heavy (non-hydrogen) atoms. The topological polar surface area (TPSA) is 95.2 Å². The summed E-state index contributed by atoms with van der Waals surface area (Å²) in [7, 11) is 0. The quantitative estimate of drug-likeness (QED) is 0.652. The third-order valence-corrected chi connectivity index (χ3v) is 3.46. The van der Waals surface area contributed by atoms with Gasteiger partial charge in [0.1, 0.15) is 0 Å². The first-order valence-corrected chi connectivity index (χ1v) is 7.08. The number of hydrogen-bond acceptors (Lipinski definition) is 4. The summed E-state index contributed by atoms with van der Waals surface area (Å²) in [5.74, 6) is 0. The zero-order valence-electron chi connectivity index (χ0n) is 12.4. The summed E-state index contributed by atoms with van der Waals surface area (Å²) < 4.78 is 0. The first kappa shape index (κ1) is 15.4. The van der Waals surface area contributed by atoms with Crippen LogP contribution in [-0.4, -0.2) is 17.0 Å². The van der Waals surface area contributed by atoms with Crippen LogP contribution in [0.2, 0.25) is 0 Å². The third-order valence-electron chi connectivity index (χ3n) is 3.46. The summed E-state index contributed by atoms with van der Waals surface area (Å²) in [5.41, 5.74) is 14.1. The number of rotatable bonds is 5. The summed E-state index contributed by atoms with van der Waals surface area (Å²) in [6, 6.07) is 9.07. The fourth-order valence-electron chi connectivity index (χ4n) is 2.63. The Morgan fingerprint density at radius 2 is 1.67 bits per heavy atom. The average Bonchev–Trinajstić information content (AvgIpc) is 2.37. The predicted octanol–water partition coefficient (Wildman–Crippen LogP) is 2.53. The van der Waals surface area contributed by atoms with Gasteiger partial charge in [-0.2, -0.15) is 0 Å². The first-order chi connectivity index (χ1) is 9.88. The molecular weight excluding hydrogens is 266 g/mol. The Bertz CT molecular complexity index is 666. The van der Waals surface area contributed by atoms with E-state index in [1.165, 1.54) is 6.07 Å². The van der Waals surface area contributed by atoms with E-state index in [9.17, 15) is 10.1 Å². The summed E-state index contributed by atoms with van der Waals surface area (Å²) in [6.45, 7) is 3.88. The number of nitrogens with two attached hydrogens (primary N) is 2. The Morgan fingerprint density at radius 3 is 2.19 bits per heavy atom. The van der Waals surface area contributed by atoms with E-state index in [4.69, 9.17) is 11.5 Å². The molecule has 2 unspecified atom stereocenters. The number of hydrogen-bond donors (Lipinski definition) is 2. The van der Waals surface area contributed by atoms with Crippen molar-refractivity contribution in [2.45, 2.75) is 38.8 Å². The van der Waals surface area contributed by atoms with Gasteiger partial charge in [-0.1, -0.05) is 18.2 Å². The van der Waals surface area contributed by atoms with Gasteiger partial charge >= 0.3 is 0 Å². The molecule has 5 nitrogen and oxygen atoms in total. The van der Waals surface area contributed by atoms with Gasteiger partial charge in [0, 0.05) is 18.2 Å². The molecule has 2 aromatic rings. The van der Waals surface area contributed by atoms with Gasteiger partial charge in [-0.15, -0.1) is 0 Å². The Balaban J connectivity index is 2.64. The van der Waals surface area contributed by atoms with E-state index in [0.29, 0.717) is 11.8 Å². The molecular formula is C16H21N3O2. The van der Waals surface area contributed by atoms with Gasteiger partial charge in [-0.05, 0) is 49.3 Å². The van der Waals surface area contributed by atoms with E-state index >= 15 is 0 Å². The van der Waals surface area contributed by atoms with Crippen molar-refractivity contribution >= 4 is 16.5 Å². The van der Waals surface area contributed by atoms with Gasteiger partial charge in [0.25, 0.3) is 5.69 Å². The number of nitro benzene ring substituents is 1. The normalized spacial score (nSPS) is 14.1. The second-order valence-electron chi connectivity index (χ2n) is 5.74. The highest BCUT2D eigenvalue weighted by molar-refractivity contribution is 5.92. The minimum absolute atomic E-state index is 0.00273. The minimum atomic E-state index is -0.344. The number of fused-ring (bicyclic) bond motifs is 1. The van der Waals surface area contributed by atoms with Crippen LogP contribution in [0.3, 0.4) is 0 Å². The summed E-state index contributed by atoms with van der Waals surface area (Å²) in [4.78, 5) is 10.8. The standard InChI is InChI=1S/C16H21N3O2/c1-10(17)6-13-8-12-4-3-5-16(19(20)21)15(12)9-14(13)7-11(2)18/h3-5,8-11H,6-7,17-18H2,1-2H3. The van der Waals surface area contributed by atoms with Crippen LogP contribution in [0.25, 0.3) is 10.8 Å². The number of nitrogens with zero attached hydrogens (tertiary/aromatic N) is 1. The smallest absolute Gasteiger partial charge is 0.277 e. The molecule has 0 aliphatic rings. The van der Waals surface area contributed by atoms with Crippen LogP contribution in [0.15, 0.2) is 30.3 Å². The average molecular weight is 287 g/mol. The molecule has 2 aromatic carbocycles. The molecule has 112 valence electrons. The minimum Gasteiger partial charge on any atom is -0.328 e. The molecule has 0 saturated carbocycles. The maximum absolute atomic E-state index is 11.2. The molecule has 0 amide bonds. The Labute approximate surface area is 124 Å². The highest BCUT2D eigenvalue weighted by Crippen LogP contribution is 2.29. The van der Waals surface area contributed by atoms with E-state index in [0.717, 1.165) is 22.9 Å². The maximum atomic E-state index is 11.2. The zero-order valence-corrected chi connectivity index (χ0v) is 12.4. The van der Waals surface area contributed by atoms with Crippen molar-refractivity contribution in [1.82, 2.24) is 0 Å². The van der Waals surface area contributed by atoms with Crippen LogP contribution in [0.4, 0.5) is 5.69 Å². The predicted molar refractivity (Wildman–Crippen MR) is 85.3 cm³/mol. The van der Waals surface area contributed by atoms with E-state index in [1.807, 2.05) is 32.0 Å². The SMILES string of the molecule is CC(N)Cc1cc2cccc([N+](=O)[O-])c2cc1CC(C)N. The largest absolute Gasteiger partial charge is 0.328 e. The van der Waals surface area contributed by atoms with E-state index in [1.54, 1.807) is 6.07 Å². The Hall–Kier alpha value is -1.98. The monoisotopic (exact) mass is 287 g/mol. The summed E-state index contributed by atoms with van der Waals surface area (Å²) in [5, 5.41) is 12.7. The van der Waals surface area contributed by atoms with Crippen molar-refractivity contribution in [2.24, 2.45) is 11.5 Å². The van der Waals surface area contributed by atoms with Gasteiger partial charge in [-0.25, -0.2) is 0 Å². The van der Waals surface area contributed by atoms with Crippen molar-refractivity contribution in [1.29, 1.82) is 0 Å². The van der Waals surface area contributed by atoms with Gasteiger partial charge in [0.05, 0.1) is 10.3 Å².